The first-order valence-electron chi connectivity index (χ1n) is 7.94. The molecule has 0 spiro atoms. The van der Waals surface area contributed by atoms with Gasteiger partial charge in [-0.15, -0.1) is 0 Å². The number of benzene rings is 1. The van der Waals surface area contributed by atoms with Gasteiger partial charge in [-0.3, -0.25) is 0 Å². The molecule has 0 saturated carbocycles. The van der Waals surface area contributed by atoms with Gasteiger partial charge in [-0.2, -0.15) is 0 Å². The SMILES string of the molecule is CC(C)(C)c1c(-c2cccc(C(F)F)c2)n(C(=O)O)c2nc(Cl)ccc12. The van der Waals surface area contributed by atoms with Crippen LogP contribution in [0.15, 0.2) is 36.4 Å². The summed E-state index contributed by atoms with van der Waals surface area (Å²) in [6.07, 6.45) is -3.90. The minimum Gasteiger partial charge on any atom is -0.464 e. The standard InChI is InChI=1S/C19H17ClF2N2O2/c1-19(2,3)14-12-7-8-13(20)23-17(12)24(18(25)26)15(14)10-5-4-6-11(9-10)16(21)22/h4-9,16H,1-3H3,(H,25,26). The second-order valence-corrected chi connectivity index (χ2v) is 7.41. The number of rotatable bonds is 2. The van der Waals surface area contributed by atoms with Crippen LogP contribution in [0, 0.1) is 0 Å². The minimum atomic E-state index is -2.65. The normalized spacial score (nSPS) is 12.1. The Morgan fingerprint density at radius 2 is 1.92 bits per heavy atom. The van der Waals surface area contributed by atoms with Crippen LogP contribution in [0.5, 0.6) is 0 Å². The van der Waals surface area contributed by atoms with Crippen molar-refractivity contribution in [1.29, 1.82) is 0 Å². The van der Waals surface area contributed by atoms with Gasteiger partial charge in [0.2, 0.25) is 0 Å². The molecule has 136 valence electrons. The van der Waals surface area contributed by atoms with Crippen LogP contribution in [-0.4, -0.2) is 20.8 Å². The Morgan fingerprint density at radius 3 is 2.50 bits per heavy atom. The summed E-state index contributed by atoms with van der Waals surface area (Å²) in [6.45, 7) is 5.80. The van der Waals surface area contributed by atoms with Crippen LogP contribution < -0.4 is 0 Å². The van der Waals surface area contributed by atoms with Crippen molar-refractivity contribution in [2.75, 3.05) is 0 Å². The van der Waals surface area contributed by atoms with Crippen LogP contribution in [0.2, 0.25) is 5.15 Å². The fourth-order valence-corrected chi connectivity index (χ4v) is 3.32. The number of carboxylic acid groups (broad SMARTS) is 1. The summed E-state index contributed by atoms with van der Waals surface area (Å²) in [5, 5.41) is 10.6. The van der Waals surface area contributed by atoms with Gasteiger partial charge in [0.05, 0.1) is 5.69 Å². The third-order valence-electron chi connectivity index (χ3n) is 4.14. The molecule has 2 aromatic heterocycles. The highest BCUT2D eigenvalue weighted by Gasteiger charge is 2.30. The van der Waals surface area contributed by atoms with Crippen molar-refractivity contribution in [3.63, 3.8) is 0 Å². The van der Waals surface area contributed by atoms with E-state index in [0.29, 0.717) is 22.2 Å². The minimum absolute atomic E-state index is 0.158. The molecule has 0 bridgehead atoms. The third kappa shape index (κ3) is 3.05. The molecule has 7 heteroatoms. The Labute approximate surface area is 154 Å². The number of alkyl halides is 2. The molecule has 0 saturated heterocycles. The second kappa shape index (κ2) is 6.36. The zero-order chi connectivity index (χ0) is 19.2. The fraction of sp³-hybridized carbons (Fsp3) is 0.263. The molecule has 0 aliphatic rings. The van der Waals surface area contributed by atoms with E-state index in [4.69, 9.17) is 11.6 Å². The monoisotopic (exact) mass is 378 g/mol. The molecule has 0 atom stereocenters. The summed E-state index contributed by atoms with van der Waals surface area (Å²) in [5.74, 6) is 0. The van der Waals surface area contributed by atoms with E-state index >= 15 is 0 Å². The lowest BCUT2D eigenvalue weighted by atomic mass is 9.83. The molecule has 3 rings (SSSR count). The summed E-state index contributed by atoms with van der Waals surface area (Å²) in [6, 6.07) is 9.04. The smallest absolute Gasteiger partial charge is 0.417 e. The van der Waals surface area contributed by atoms with E-state index in [2.05, 4.69) is 4.98 Å². The topological polar surface area (TPSA) is 55.1 Å². The predicted octanol–water partition coefficient (Wildman–Crippen LogP) is 6.12. The highest BCUT2D eigenvalue weighted by Crippen LogP contribution is 2.41. The summed E-state index contributed by atoms with van der Waals surface area (Å²) in [4.78, 5) is 16.2. The molecule has 2 heterocycles. The van der Waals surface area contributed by atoms with Gasteiger partial charge in [0, 0.05) is 10.9 Å². The van der Waals surface area contributed by atoms with E-state index < -0.39 is 17.9 Å². The van der Waals surface area contributed by atoms with Crippen molar-refractivity contribution < 1.29 is 18.7 Å². The fourth-order valence-electron chi connectivity index (χ4n) is 3.18. The van der Waals surface area contributed by atoms with Crippen LogP contribution >= 0.6 is 11.6 Å². The molecule has 0 fully saturated rings. The van der Waals surface area contributed by atoms with Gasteiger partial charge in [0.1, 0.15) is 5.15 Å². The Morgan fingerprint density at radius 1 is 1.23 bits per heavy atom. The molecule has 0 amide bonds. The molecule has 0 aliphatic carbocycles. The van der Waals surface area contributed by atoms with Crippen LogP contribution in [-0.2, 0) is 5.41 Å². The number of fused-ring (bicyclic) bond motifs is 1. The molecule has 26 heavy (non-hydrogen) atoms. The number of carbonyl (C=O) groups is 1. The molecule has 0 aliphatic heterocycles. The van der Waals surface area contributed by atoms with E-state index in [-0.39, 0.29) is 16.4 Å². The van der Waals surface area contributed by atoms with E-state index in [9.17, 15) is 18.7 Å². The number of hydrogen-bond donors (Lipinski definition) is 1. The van der Waals surface area contributed by atoms with Gasteiger partial charge in [0.25, 0.3) is 6.43 Å². The highest BCUT2D eigenvalue weighted by molar-refractivity contribution is 6.29. The summed E-state index contributed by atoms with van der Waals surface area (Å²) in [5.41, 5.74) is 1.000. The largest absolute Gasteiger partial charge is 0.464 e. The van der Waals surface area contributed by atoms with Crippen LogP contribution in [0.1, 0.15) is 38.3 Å². The summed E-state index contributed by atoms with van der Waals surface area (Å²) < 4.78 is 27.3. The van der Waals surface area contributed by atoms with Gasteiger partial charge in [-0.1, -0.05) is 50.6 Å². The van der Waals surface area contributed by atoms with E-state index in [1.807, 2.05) is 20.8 Å². The van der Waals surface area contributed by atoms with Crippen molar-refractivity contribution in [1.82, 2.24) is 9.55 Å². The molecule has 1 aromatic carbocycles. The predicted molar refractivity (Wildman–Crippen MR) is 97.3 cm³/mol. The molecule has 0 unspecified atom stereocenters. The van der Waals surface area contributed by atoms with Crippen LogP contribution in [0.25, 0.3) is 22.3 Å². The molecule has 3 aromatic rings. The number of nitrogens with zero attached hydrogens (tertiary/aromatic N) is 2. The first-order chi connectivity index (χ1) is 12.1. The number of hydrogen-bond acceptors (Lipinski definition) is 2. The number of pyridine rings is 1. The van der Waals surface area contributed by atoms with Crippen LogP contribution in [0.4, 0.5) is 13.6 Å². The van der Waals surface area contributed by atoms with Gasteiger partial charge in [-0.25, -0.2) is 23.1 Å². The Balaban J connectivity index is 2.49. The molecular weight excluding hydrogens is 362 g/mol. The lowest BCUT2D eigenvalue weighted by Gasteiger charge is -2.21. The first-order valence-corrected chi connectivity index (χ1v) is 8.32. The maximum atomic E-state index is 13.2. The second-order valence-electron chi connectivity index (χ2n) is 7.02. The average molecular weight is 379 g/mol. The summed E-state index contributed by atoms with van der Waals surface area (Å²) in [7, 11) is 0. The van der Waals surface area contributed by atoms with Gasteiger partial charge < -0.3 is 5.11 Å². The van der Waals surface area contributed by atoms with Crippen LogP contribution in [0.3, 0.4) is 0 Å². The third-order valence-corrected chi connectivity index (χ3v) is 4.35. The zero-order valence-corrected chi connectivity index (χ0v) is 15.2. The average Bonchev–Trinajstić information content (AvgIpc) is 2.89. The molecule has 0 radical (unpaired) electrons. The number of halogens is 3. The molecular formula is C19H17ClF2N2O2. The highest BCUT2D eigenvalue weighted by atomic mass is 35.5. The Kier molecular flexibility index (Phi) is 4.48. The Hall–Kier alpha value is -2.47. The maximum absolute atomic E-state index is 13.2. The maximum Gasteiger partial charge on any atom is 0.417 e. The van der Waals surface area contributed by atoms with Crippen molar-refractivity contribution in [2.45, 2.75) is 32.6 Å². The number of aromatic nitrogens is 2. The van der Waals surface area contributed by atoms with Gasteiger partial charge >= 0.3 is 6.09 Å². The lowest BCUT2D eigenvalue weighted by Crippen LogP contribution is -2.15. The lowest BCUT2D eigenvalue weighted by molar-refractivity contribution is 0.151. The summed E-state index contributed by atoms with van der Waals surface area (Å²) >= 11 is 5.97. The van der Waals surface area contributed by atoms with Gasteiger partial charge in [-0.05, 0) is 34.7 Å². The van der Waals surface area contributed by atoms with Crippen molar-refractivity contribution in [3.05, 3.63) is 52.7 Å². The van der Waals surface area contributed by atoms with Crippen molar-refractivity contribution >= 4 is 28.7 Å². The van der Waals surface area contributed by atoms with Crippen molar-refractivity contribution in [2.24, 2.45) is 0 Å². The molecule has 4 nitrogen and oxygen atoms in total. The van der Waals surface area contributed by atoms with E-state index in [1.54, 1.807) is 18.2 Å². The van der Waals surface area contributed by atoms with E-state index in [0.717, 1.165) is 4.57 Å². The van der Waals surface area contributed by atoms with Gasteiger partial charge in [0.15, 0.2) is 5.65 Å². The van der Waals surface area contributed by atoms with E-state index in [1.165, 1.54) is 18.2 Å². The first kappa shape index (κ1) is 18.3. The Bertz CT molecular complexity index is 1010. The quantitative estimate of drug-likeness (QED) is 0.546. The zero-order valence-electron chi connectivity index (χ0n) is 14.4. The van der Waals surface area contributed by atoms with Crippen molar-refractivity contribution in [3.8, 4) is 11.3 Å². The molecule has 1 N–H and O–H groups in total.